The SMILES string of the molecule is CBc1cccc(COC(C)C(F)(F)F)c1. The predicted molar refractivity (Wildman–Crippen MR) is 59.4 cm³/mol. The maximum absolute atomic E-state index is 12.2. The van der Waals surface area contributed by atoms with Crippen LogP contribution >= 0.6 is 0 Å². The molecule has 1 nitrogen and oxygen atoms in total. The number of halogens is 3. The molecule has 88 valence electrons. The third-order valence-corrected chi connectivity index (χ3v) is 2.36. The van der Waals surface area contributed by atoms with Gasteiger partial charge in [-0.1, -0.05) is 36.6 Å². The van der Waals surface area contributed by atoms with Crippen LogP contribution < -0.4 is 5.46 Å². The van der Waals surface area contributed by atoms with Gasteiger partial charge in [-0.25, -0.2) is 0 Å². The minimum atomic E-state index is -4.29. The summed E-state index contributed by atoms with van der Waals surface area (Å²) in [6.07, 6.45) is -6.01. The Balaban J connectivity index is 2.54. The number of ether oxygens (including phenoxy) is 1. The average molecular weight is 230 g/mol. The van der Waals surface area contributed by atoms with Crippen LogP contribution in [0, 0.1) is 0 Å². The second-order valence-corrected chi connectivity index (χ2v) is 3.67. The van der Waals surface area contributed by atoms with Gasteiger partial charge < -0.3 is 4.74 Å². The quantitative estimate of drug-likeness (QED) is 0.721. The van der Waals surface area contributed by atoms with Crippen LogP contribution in [-0.4, -0.2) is 19.6 Å². The van der Waals surface area contributed by atoms with Crippen LogP contribution in [0.2, 0.25) is 6.82 Å². The molecule has 1 atom stereocenters. The van der Waals surface area contributed by atoms with E-state index in [1.165, 1.54) is 0 Å². The van der Waals surface area contributed by atoms with Crippen molar-refractivity contribution in [3.8, 4) is 0 Å². The lowest BCUT2D eigenvalue weighted by atomic mass is 9.73. The van der Waals surface area contributed by atoms with E-state index in [-0.39, 0.29) is 6.61 Å². The van der Waals surface area contributed by atoms with Gasteiger partial charge >= 0.3 is 6.18 Å². The van der Waals surface area contributed by atoms with E-state index in [1.807, 2.05) is 25.0 Å². The van der Waals surface area contributed by atoms with Gasteiger partial charge in [0, 0.05) is 0 Å². The van der Waals surface area contributed by atoms with Crippen molar-refractivity contribution >= 4 is 12.7 Å². The van der Waals surface area contributed by atoms with Crippen molar-refractivity contribution in [1.29, 1.82) is 0 Å². The summed E-state index contributed by atoms with van der Waals surface area (Å²) in [6, 6.07) is 7.40. The molecule has 1 aromatic rings. The molecule has 0 aliphatic rings. The van der Waals surface area contributed by atoms with Crippen LogP contribution in [0.15, 0.2) is 24.3 Å². The molecule has 0 aromatic heterocycles. The van der Waals surface area contributed by atoms with E-state index in [0.29, 0.717) is 0 Å². The Labute approximate surface area is 93.9 Å². The van der Waals surface area contributed by atoms with E-state index in [4.69, 9.17) is 4.74 Å². The van der Waals surface area contributed by atoms with Gasteiger partial charge in [0.1, 0.15) is 0 Å². The molecule has 1 aromatic carbocycles. The van der Waals surface area contributed by atoms with Crippen molar-refractivity contribution in [1.82, 2.24) is 0 Å². The summed E-state index contributed by atoms with van der Waals surface area (Å²) in [6.45, 7) is 3.01. The Hall–Kier alpha value is -0.965. The van der Waals surface area contributed by atoms with E-state index in [9.17, 15) is 13.2 Å². The second-order valence-electron chi connectivity index (χ2n) is 3.67. The Morgan fingerprint density at radius 1 is 1.38 bits per heavy atom. The maximum atomic E-state index is 12.2. The van der Waals surface area contributed by atoms with Crippen molar-refractivity contribution in [3.63, 3.8) is 0 Å². The number of alkyl halides is 3. The molecule has 0 bridgehead atoms. The lowest BCUT2D eigenvalue weighted by molar-refractivity contribution is -0.217. The van der Waals surface area contributed by atoms with Crippen LogP contribution in [0.4, 0.5) is 13.2 Å². The van der Waals surface area contributed by atoms with Gasteiger partial charge in [-0.2, -0.15) is 13.2 Å². The zero-order valence-corrected chi connectivity index (χ0v) is 9.34. The highest BCUT2D eigenvalue weighted by atomic mass is 19.4. The first-order valence-corrected chi connectivity index (χ1v) is 5.19. The molecule has 1 unspecified atom stereocenters. The molecule has 5 heteroatoms. The molecule has 0 saturated heterocycles. The topological polar surface area (TPSA) is 9.23 Å². The summed E-state index contributed by atoms with van der Waals surface area (Å²) in [5.41, 5.74) is 1.87. The molecule has 0 radical (unpaired) electrons. The smallest absolute Gasteiger partial charge is 0.364 e. The summed E-state index contributed by atoms with van der Waals surface area (Å²) in [5.74, 6) is 0. The molecular weight excluding hydrogens is 216 g/mol. The monoisotopic (exact) mass is 230 g/mol. The van der Waals surface area contributed by atoms with Crippen LogP contribution in [0.3, 0.4) is 0 Å². The van der Waals surface area contributed by atoms with Gasteiger partial charge in [0.25, 0.3) is 0 Å². The highest BCUT2D eigenvalue weighted by Crippen LogP contribution is 2.23. The van der Waals surface area contributed by atoms with E-state index in [0.717, 1.165) is 25.2 Å². The molecule has 0 spiro atoms. The molecule has 0 heterocycles. The third kappa shape index (κ3) is 3.89. The number of hydrogen-bond acceptors (Lipinski definition) is 1. The Bertz CT molecular complexity index is 338. The van der Waals surface area contributed by atoms with Gasteiger partial charge in [-0.15, -0.1) is 0 Å². The number of benzene rings is 1. The first-order chi connectivity index (χ1) is 7.43. The number of rotatable bonds is 4. The van der Waals surface area contributed by atoms with Gasteiger partial charge in [-0.05, 0) is 12.5 Å². The summed E-state index contributed by atoms with van der Waals surface area (Å²) >= 11 is 0. The lowest BCUT2D eigenvalue weighted by Crippen LogP contribution is -2.28. The highest BCUT2D eigenvalue weighted by Gasteiger charge is 2.36. The fourth-order valence-electron chi connectivity index (χ4n) is 1.26. The van der Waals surface area contributed by atoms with Crippen LogP contribution in [0.1, 0.15) is 12.5 Å². The fourth-order valence-corrected chi connectivity index (χ4v) is 1.26. The van der Waals surface area contributed by atoms with Crippen molar-refractivity contribution in [2.75, 3.05) is 0 Å². The van der Waals surface area contributed by atoms with E-state index in [2.05, 4.69) is 0 Å². The molecular formula is C11H14BF3O. The summed E-state index contributed by atoms with van der Waals surface area (Å²) in [4.78, 5) is 0. The molecule has 0 N–H and O–H groups in total. The van der Waals surface area contributed by atoms with Crippen molar-refractivity contribution < 1.29 is 17.9 Å². The lowest BCUT2D eigenvalue weighted by Gasteiger charge is -2.16. The van der Waals surface area contributed by atoms with E-state index < -0.39 is 12.3 Å². The van der Waals surface area contributed by atoms with Gasteiger partial charge in [0.15, 0.2) is 13.4 Å². The maximum Gasteiger partial charge on any atom is 0.414 e. The van der Waals surface area contributed by atoms with Crippen LogP contribution in [0.25, 0.3) is 0 Å². The minimum absolute atomic E-state index is 0.00544. The minimum Gasteiger partial charge on any atom is -0.364 e. The van der Waals surface area contributed by atoms with E-state index in [1.54, 1.807) is 6.07 Å². The highest BCUT2D eigenvalue weighted by molar-refractivity contribution is 6.51. The Morgan fingerprint density at radius 3 is 2.62 bits per heavy atom. The first kappa shape index (κ1) is 13.1. The molecule has 1 rings (SSSR count). The van der Waals surface area contributed by atoms with Gasteiger partial charge in [-0.3, -0.25) is 0 Å². The van der Waals surface area contributed by atoms with Crippen molar-refractivity contribution in [2.24, 2.45) is 0 Å². The summed E-state index contributed by atoms with van der Waals surface area (Å²) < 4.78 is 41.3. The van der Waals surface area contributed by atoms with Crippen molar-refractivity contribution in [2.45, 2.75) is 32.6 Å². The largest absolute Gasteiger partial charge is 0.414 e. The third-order valence-electron chi connectivity index (χ3n) is 2.36. The molecule has 0 amide bonds. The van der Waals surface area contributed by atoms with Gasteiger partial charge in [0.2, 0.25) is 0 Å². The number of hydrogen-bond donors (Lipinski definition) is 0. The zero-order valence-electron chi connectivity index (χ0n) is 9.34. The first-order valence-electron chi connectivity index (χ1n) is 5.19. The van der Waals surface area contributed by atoms with E-state index >= 15 is 0 Å². The summed E-state index contributed by atoms with van der Waals surface area (Å²) in [5, 5.41) is 0. The fraction of sp³-hybridized carbons (Fsp3) is 0.455. The normalized spacial score (nSPS) is 13.6. The second kappa shape index (κ2) is 5.39. The van der Waals surface area contributed by atoms with Crippen LogP contribution in [-0.2, 0) is 11.3 Å². The predicted octanol–water partition coefficient (Wildman–Crippen LogP) is 2.26. The Morgan fingerprint density at radius 2 is 2.06 bits per heavy atom. The molecule has 16 heavy (non-hydrogen) atoms. The summed E-state index contributed by atoms with van der Waals surface area (Å²) in [7, 11) is 0.864. The zero-order chi connectivity index (χ0) is 12.2. The molecule has 0 fully saturated rings. The molecule has 0 aliphatic heterocycles. The Kier molecular flexibility index (Phi) is 4.41. The van der Waals surface area contributed by atoms with Crippen LogP contribution in [0.5, 0.6) is 0 Å². The molecule has 0 saturated carbocycles. The standard InChI is InChI=1S/C11H14BF3O/c1-8(11(13,14)15)16-7-9-4-3-5-10(6-9)12-2/h3-6,8,12H,7H2,1-2H3. The molecule has 0 aliphatic carbocycles. The van der Waals surface area contributed by atoms with Crippen molar-refractivity contribution in [3.05, 3.63) is 29.8 Å². The van der Waals surface area contributed by atoms with Gasteiger partial charge in [0.05, 0.1) is 6.61 Å². The average Bonchev–Trinajstić information content (AvgIpc) is 2.25.